The number of aryl methyl sites for hydroxylation is 2. The first kappa shape index (κ1) is 15.5. The number of thiocarbonyl (C=S) groups is 1. The fourth-order valence-corrected chi connectivity index (χ4v) is 3.54. The van der Waals surface area contributed by atoms with Crippen molar-refractivity contribution >= 4 is 34.1 Å². The molecule has 0 bridgehead atoms. The van der Waals surface area contributed by atoms with Crippen LogP contribution < -0.4 is 0 Å². The molecule has 1 fully saturated rings. The predicted molar refractivity (Wildman–Crippen MR) is 90.7 cm³/mol. The first-order valence-corrected chi connectivity index (χ1v) is 8.49. The maximum atomic E-state index is 12.3. The zero-order valence-electron chi connectivity index (χ0n) is 12.1. The number of piperidine rings is 1. The summed E-state index contributed by atoms with van der Waals surface area (Å²) in [5, 5.41) is 0. The van der Waals surface area contributed by atoms with Gasteiger partial charge in [0.2, 0.25) is 0 Å². The second kappa shape index (κ2) is 7.23. The maximum absolute atomic E-state index is 12.3. The average molecular weight is 307 g/mol. The second-order valence-corrected chi connectivity index (χ2v) is 6.95. The molecule has 20 heavy (non-hydrogen) atoms. The highest BCUT2D eigenvalue weighted by atomic mass is 32.2. The molecule has 0 aliphatic carbocycles. The van der Waals surface area contributed by atoms with Gasteiger partial charge in [0.15, 0.2) is 5.78 Å². The third kappa shape index (κ3) is 4.06. The van der Waals surface area contributed by atoms with Crippen LogP contribution in [0.25, 0.3) is 0 Å². The Balaban J connectivity index is 1.91. The number of benzene rings is 1. The van der Waals surface area contributed by atoms with E-state index in [2.05, 4.69) is 4.90 Å². The molecule has 108 valence electrons. The first-order chi connectivity index (χ1) is 9.58. The van der Waals surface area contributed by atoms with Crippen LogP contribution in [0.3, 0.4) is 0 Å². The largest absolute Gasteiger partial charge is 0.358 e. The highest BCUT2D eigenvalue weighted by molar-refractivity contribution is 8.23. The SMILES string of the molecule is Cc1ccc(C)c(C(=O)CSC(=S)N2CCCCC2)c1. The lowest BCUT2D eigenvalue weighted by molar-refractivity contribution is 0.102. The number of ketones is 1. The van der Waals surface area contributed by atoms with Gasteiger partial charge in [0.25, 0.3) is 0 Å². The number of rotatable bonds is 3. The number of Topliss-reactive ketones (excluding diaryl/α,β-unsaturated/α-hetero) is 1. The number of hydrogen-bond donors (Lipinski definition) is 0. The molecule has 1 aliphatic heterocycles. The van der Waals surface area contributed by atoms with Crippen molar-refractivity contribution in [2.45, 2.75) is 33.1 Å². The van der Waals surface area contributed by atoms with Crippen LogP contribution in [-0.2, 0) is 0 Å². The van der Waals surface area contributed by atoms with E-state index in [9.17, 15) is 4.79 Å². The van der Waals surface area contributed by atoms with Crippen LogP contribution in [0.2, 0.25) is 0 Å². The summed E-state index contributed by atoms with van der Waals surface area (Å²) in [6, 6.07) is 6.02. The van der Waals surface area contributed by atoms with Gasteiger partial charge in [-0.05, 0) is 44.7 Å². The average Bonchev–Trinajstić information content (AvgIpc) is 2.47. The quantitative estimate of drug-likeness (QED) is 0.621. The molecule has 0 amide bonds. The molecule has 0 radical (unpaired) electrons. The molecule has 1 aliphatic rings. The summed E-state index contributed by atoms with van der Waals surface area (Å²) in [5.41, 5.74) is 3.01. The van der Waals surface area contributed by atoms with E-state index in [1.165, 1.54) is 31.0 Å². The van der Waals surface area contributed by atoms with Crippen molar-refractivity contribution in [1.29, 1.82) is 0 Å². The summed E-state index contributed by atoms with van der Waals surface area (Å²) < 4.78 is 0.878. The Morgan fingerprint density at radius 1 is 1.25 bits per heavy atom. The molecule has 0 saturated carbocycles. The lowest BCUT2D eigenvalue weighted by atomic mass is 10.0. The summed E-state index contributed by atoms with van der Waals surface area (Å²) in [6.07, 6.45) is 3.72. The molecular formula is C16H21NOS2. The van der Waals surface area contributed by atoms with Gasteiger partial charge in [-0.15, -0.1) is 0 Å². The Labute approximate surface area is 130 Å². The van der Waals surface area contributed by atoms with E-state index in [-0.39, 0.29) is 5.78 Å². The summed E-state index contributed by atoms with van der Waals surface area (Å²) in [5.74, 6) is 0.621. The summed E-state index contributed by atoms with van der Waals surface area (Å²) in [6.45, 7) is 6.09. The molecule has 4 heteroatoms. The topological polar surface area (TPSA) is 20.3 Å². The molecule has 0 unspecified atom stereocenters. The minimum absolute atomic E-state index is 0.176. The number of hydrogen-bond acceptors (Lipinski definition) is 3. The number of carbonyl (C=O) groups excluding carboxylic acids is 1. The molecule has 0 atom stereocenters. The Morgan fingerprint density at radius 2 is 1.95 bits per heavy atom. The molecule has 1 aromatic rings. The van der Waals surface area contributed by atoms with Crippen molar-refractivity contribution < 1.29 is 4.79 Å². The van der Waals surface area contributed by atoms with Crippen LogP contribution in [0, 0.1) is 13.8 Å². The van der Waals surface area contributed by atoms with E-state index in [1.54, 1.807) is 0 Å². The van der Waals surface area contributed by atoms with Crippen molar-refractivity contribution in [3.05, 3.63) is 34.9 Å². The van der Waals surface area contributed by atoms with Gasteiger partial charge in [-0.25, -0.2) is 0 Å². The Kier molecular flexibility index (Phi) is 5.61. The van der Waals surface area contributed by atoms with Crippen molar-refractivity contribution in [3.63, 3.8) is 0 Å². The van der Waals surface area contributed by atoms with Crippen LogP contribution in [-0.4, -0.2) is 33.8 Å². The van der Waals surface area contributed by atoms with Gasteiger partial charge >= 0.3 is 0 Å². The predicted octanol–water partition coefficient (Wildman–Crippen LogP) is 3.99. The van der Waals surface area contributed by atoms with Crippen molar-refractivity contribution in [1.82, 2.24) is 4.90 Å². The van der Waals surface area contributed by atoms with Crippen LogP contribution in [0.15, 0.2) is 18.2 Å². The summed E-state index contributed by atoms with van der Waals surface area (Å²) in [7, 11) is 0. The van der Waals surface area contributed by atoms with E-state index in [0.717, 1.165) is 34.1 Å². The third-order valence-corrected chi connectivity index (χ3v) is 5.16. The van der Waals surface area contributed by atoms with Gasteiger partial charge in [-0.1, -0.05) is 41.7 Å². The maximum Gasteiger partial charge on any atom is 0.173 e. The van der Waals surface area contributed by atoms with Crippen LogP contribution >= 0.6 is 24.0 Å². The van der Waals surface area contributed by atoms with Gasteiger partial charge in [0.1, 0.15) is 4.32 Å². The smallest absolute Gasteiger partial charge is 0.173 e. The van der Waals surface area contributed by atoms with Gasteiger partial charge in [-0.2, -0.15) is 0 Å². The Morgan fingerprint density at radius 3 is 2.65 bits per heavy atom. The first-order valence-electron chi connectivity index (χ1n) is 7.10. The van der Waals surface area contributed by atoms with E-state index >= 15 is 0 Å². The van der Waals surface area contributed by atoms with Crippen LogP contribution in [0.5, 0.6) is 0 Å². The third-order valence-electron chi connectivity index (χ3n) is 3.63. The Bertz CT molecular complexity index is 507. The van der Waals surface area contributed by atoms with E-state index in [4.69, 9.17) is 12.2 Å². The molecular weight excluding hydrogens is 286 g/mol. The number of likely N-dealkylation sites (tertiary alicyclic amines) is 1. The molecule has 0 N–H and O–H groups in total. The minimum Gasteiger partial charge on any atom is -0.358 e. The molecule has 1 heterocycles. The lowest BCUT2D eigenvalue weighted by Crippen LogP contribution is -2.33. The van der Waals surface area contributed by atoms with Gasteiger partial charge in [0, 0.05) is 18.7 Å². The van der Waals surface area contributed by atoms with Gasteiger partial charge in [0.05, 0.1) is 5.75 Å². The van der Waals surface area contributed by atoms with Crippen molar-refractivity contribution in [2.75, 3.05) is 18.8 Å². The zero-order chi connectivity index (χ0) is 14.5. The second-order valence-electron chi connectivity index (χ2n) is 5.34. The van der Waals surface area contributed by atoms with Crippen molar-refractivity contribution in [3.8, 4) is 0 Å². The van der Waals surface area contributed by atoms with Crippen molar-refractivity contribution in [2.24, 2.45) is 0 Å². The monoisotopic (exact) mass is 307 g/mol. The van der Waals surface area contributed by atoms with Crippen LogP contribution in [0.1, 0.15) is 40.7 Å². The number of nitrogens with zero attached hydrogens (tertiary/aromatic N) is 1. The molecule has 0 aromatic heterocycles. The highest BCUT2D eigenvalue weighted by Crippen LogP contribution is 2.19. The normalized spacial score (nSPS) is 15.2. The van der Waals surface area contributed by atoms with E-state index in [0.29, 0.717) is 5.75 Å². The van der Waals surface area contributed by atoms with Gasteiger partial charge < -0.3 is 4.90 Å². The number of thioether (sulfide) groups is 1. The molecule has 2 rings (SSSR count). The fraction of sp³-hybridized carbons (Fsp3) is 0.500. The molecule has 1 aromatic carbocycles. The van der Waals surface area contributed by atoms with E-state index in [1.807, 2.05) is 32.0 Å². The lowest BCUT2D eigenvalue weighted by Gasteiger charge is -2.28. The van der Waals surface area contributed by atoms with Gasteiger partial charge in [-0.3, -0.25) is 4.79 Å². The fourth-order valence-electron chi connectivity index (χ4n) is 2.41. The summed E-state index contributed by atoms with van der Waals surface area (Å²) in [4.78, 5) is 14.5. The van der Waals surface area contributed by atoms with E-state index < -0.39 is 0 Å². The minimum atomic E-state index is 0.176. The standard InChI is InChI=1S/C16H21NOS2/c1-12-6-7-13(2)14(10-12)15(18)11-20-16(19)17-8-4-3-5-9-17/h6-7,10H,3-5,8-9,11H2,1-2H3. The summed E-state index contributed by atoms with van der Waals surface area (Å²) >= 11 is 6.95. The Hall–Kier alpha value is -0.870. The molecule has 0 spiro atoms. The highest BCUT2D eigenvalue weighted by Gasteiger charge is 2.16. The van der Waals surface area contributed by atoms with Crippen LogP contribution in [0.4, 0.5) is 0 Å². The number of carbonyl (C=O) groups is 1. The molecule has 2 nitrogen and oxygen atoms in total. The molecule has 1 saturated heterocycles. The zero-order valence-corrected chi connectivity index (χ0v) is 13.8.